The number of nitrogens with zero attached hydrogens (tertiary/aromatic N) is 1. The Balaban J connectivity index is 1.70. The highest BCUT2D eigenvalue weighted by atomic mass is 16.5. The van der Waals surface area contributed by atoms with Gasteiger partial charge in [-0.2, -0.15) is 0 Å². The number of carbonyl (C=O) groups excluding carboxylic acids is 1. The van der Waals surface area contributed by atoms with Crippen LogP contribution < -0.4 is 10.2 Å². The molecule has 0 bridgehead atoms. The second-order valence-corrected chi connectivity index (χ2v) is 8.99. The summed E-state index contributed by atoms with van der Waals surface area (Å²) in [7, 11) is 0. The normalized spacial score (nSPS) is 21.6. The van der Waals surface area contributed by atoms with Crippen molar-refractivity contribution in [3.8, 4) is 0 Å². The summed E-state index contributed by atoms with van der Waals surface area (Å²) in [5, 5.41) is 2.99. The lowest BCUT2D eigenvalue weighted by Gasteiger charge is -2.47. The van der Waals surface area contributed by atoms with Gasteiger partial charge in [-0.05, 0) is 54.2 Å². The smallest absolute Gasteiger partial charge is 0.411 e. The largest absolute Gasteiger partial charge is 0.450 e. The molecule has 3 aromatic rings. The van der Waals surface area contributed by atoms with Gasteiger partial charge in [0.25, 0.3) is 0 Å². The zero-order valence-corrected chi connectivity index (χ0v) is 18.8. The number of anilines is 2. The summed E-state index contributed by atoms with van der Waals surface area (Å²) < 4.78 is 5.19. The van der Waals surface area contributed by atoms with Crippen LogP contribution in [0.2, 0.25) is 0 Å². The zero-order chi connectivity index (χ0) is 22.1. The minimum atomic E-state index is -0.402. The van der Waals surface area contributed by atoms with Gasteiger partial charge in [-0.3, -0.25) is 5.32 Å². The Morgan fingerprint density at radius 3 is 2.50 bits per heavy atom. The lowest BCUT2D eigenvalue weighted by Crippen LogP contribution is -2.43. The molecule has 0 fully saturated rings. The zero-order valence-electron chi connectivity index (χ0n) is 18.8. The van der Waals surface area contributed by atoms with E-state index in [4.69, 9.17) is 4.74 Å². The maximum absolute atomic E-state index is 12.3. The highest BCUT2D eigenvalue weighted by molar-refractivity contribution is 5.87. The van der Waals surface area contributed by atoms with Gasteiger partial charge in [-0.15, -0.1) is 0 Å². The first-order valence-corrected chi connectivity index (χ1v) is 11.6. The molecule has 1 amide bonds. The number of carbonyl (C=O) groups is 1. The Hall–Kier alpha value is -3.27. The van der Waals surface area contributed by atoms with Crippen LogP contribution in [0.5, 0.6) is 0 Å². The topological polar surface area (TPSA) is 41.6 Å². The average molecular weight is 427 g/mol. The van der Waals surface area contributed by atoms with Gasteiger partial charge in [0, 0.05) is 35.8 Å². The Morgan fingerprint density at radius 2 is 1.78 bits per heavy atom. The summed E-state index contributed by atoms with van der Waals surface area (Å²) in [5.41, 5.74) is 7.27. The summed E-state index contributed by atoms with van der Waals surface area (Å²) in [6.07, 6.45) is 1.71. The molecule has 164 valence electrons. The van der Waals surface area contributed by atoms with Crippen LogP contribution in [0, 0.1) is 0 Å². The summed E-state index contributed by atoms with van der Waals surface area (Å²) in [6, 6.07) is 25.8. The monoisotopic (exact) mass is 426 g/mol. The lowest BCUT2D eigenvalue weighted by molar-refractivity contribution is 0.168. The molecular weight excluding hydrogens is 396 g/mol. The Bertz CT molecular complexity index is 1110. The molecule has 2 atom stereocenters. The van der Waals surface area contributed by atoms with Crippen LogP contribution in [0.1, 0.15) is 54.9 Å². The van der Waals surface area contributed by atoms with Crippen molar-refractivity contribution in [2.24, 2.45) is 0 Å². The highest BCUT2D eigenvalue weighted by Gasteiger charge is 2.41. The predicted octanol–water partition coefficient (Wildman–Crippen LogP) is 6.31. The first-order valence-electron chi connectivity index (χ1n) is 11.6. The maximum atomic E-state index is 12.3. The molecule has 2 aliphatic heterocycles. The second-order valence-electron chi connectivity index (χ2n) is 8.99. The van der Waals surface area contributed by atoms with Crippen LogP contribution in [-0.4, -0.2) is 25.8 Å². The van der Waals surface area contributed by atoms with Crippen molar-refractivity contribution in [3.05, 3.63) is 95.1 Å². The van der Waals surface area contributed by atoms with E-state index >= 15 is 0 Å². The number of nitrogens with one attached hydrogen (secondary N) is 1. The van der Waals surface area contributed by atoms with E-state index in [9.17, 15) is 4.79 Å². The summed E-state index contributed by atoms with van der Waals surface area (Å²) in [5.74, 6) is 0.309. The quantitative estimate of drug-likeness (QED) is 0.532. The van der Waals surface area contributed by atoms with Gasteiger partial charge in [-0.25, -0.2) is 4.79 Å². The van der Waals surface area contributed by atoms with Crippen LogP contribution in [-0.2, 0) is 10.2 Å². The molecule has 0 aromatic heterocycles. The van der Waals surface area contributed by atoms with Crippen molar-refractivity contribution >= 4 is 17.5 Å². The van der Waals surface area contributed by atoms with Crippen molar-refractivity contribution in [2.75, 3.05) is 29.9 Å². The molecule has 3 aromatic carbocycles. The molecule has 0 spiro atoms. The van der Waals surface area contributed by atoms with E-state index in [1.54, 1.807) is 0 Å². The van der Waals surface area contributed by atoms with E-state index in [2.05, 4.69) is 89.9 Å². The molecule has 0 saturated heterocycles. The number of hydrogen-bond acceptors (Lipinski definition) is 3. The summed E-state index contributed by atoms with van der Waals surface area (Å²) in [6.45, 7) is 6.61. The molecule has 0 aliphatic carbocycles. The van der Waals surface area contributed by atoms with E-state index in [0.29, 0.717) is 12.5 Å². The van der Waals surface area contributed by atoms with E-state index in [0.717, 1.165) is 31.6 Å². The number of amides is 1. The maximum Gasteiger partial charge on any atom is 0.411 e. The van der Waals surface area contributed by atoms with Crippen molar-refractivity contribution in [1.29, 1.82) is 0 Å². The Labute approximate surface area is 190 Å². The molecule has 5 rings (SSSR count). The van der Waals surface area contributed by atoms with Crippen LogP contribution in [0.3, 0.4) is 0 Å². The number of benzene rings is 3. The molecule has 0 saturated carbocycles. The molecule has 4 nitrogen and oxygen atoms in total. The van der Waals surface area contributed by atoms with Gasteiger partial charge >= 0.3 is 6.09 Å². The lowest BCUT2D eigenvalue weighted by atomic mass is 9.68. The van der Waals surface area contributed by atoms with Gasteiger partial charge in [0.15, 0.2) is 0 Å². The Kier molecular flexibility index (Phi) is 5.38. The standard InChI is InChI=1S/C28H30N2O2/c1-3-32-27(31)29-22-18-24-23(20-10-6-4-7-11-20)14-16-30-17-15-28(2,25(19-22)26(24)30)21-12-8-5-9-13-21/h4-13,18-19,23H,3,14-17H2,1-2H3,(H,29,31)/t23-,28-/m0/s1. The van der Waals surface area contributed by atoms with Gasteiger partial charge < -0.3 is 9.64 Å². The third kappa shape index (κ3) is 3.54. The third-order valence-electron chi connectivity index (χ3n) is 7.13. The fourth-order valence-electron chi connectivity index (χ4n) is 5.46. The predicted molar refractivity (Wildman–Crippen MR) is 130 cm³/mol. The minimum absolute atomic E-state index is 0.118. The van der Waals surface area contributed by atoms with E-state index < -0.39 is 6.09 Å². The van der Waals surface area contributed by atoms with E-state index in [-0.39, 0.29) is 5.41 Å². The van der Waals surface area contributed by atoms with E-state index in [1.807, 2.05) is 6.92 Å². The van der Waals surface area contributed by atoms with Gasteiger partial charge in [0.1, 0.15) is 0 Å². The second kappa shape index (κ2) is 8.34. The molecule has 1 N–H and O–H groups in total. The molecule has 32 heavy (non-hydrogen) atoms. The van der Waals surface area contributed by atoms with Gasteiger partial charge in [0.2, 0.25) is 0 Å². The highest BCUT2D eigenvalue weighted by Crippen LogP contribution is 2.52. The summed E-state index contributed by atoms with van der Waals surface area (Å²) >= 11 is 0. The molecule has 0 radical (unpaired) electrons. The molecule has 2 aliphatic rings. The minimum Gasteiger partial charge on any atom is -0.450 e. The average Bonchev–Trinajstić information content (AvgIpc) is 2.82. The van der Waals surface area contributed by atoms with Crippen molar-refractivity contribution in [3.63, 3.8) is 0 Å². The fourth-order valence-corrected chi connectivity index (χ4v) is 5.46. The van der Waals surface area contributed by atoms with Crippen LogP contribution >= 0.6 is 0 Å². The first kappa shape index (κ1) is 20.6. The fraction of sp³-hybridized carbons (Fsp3) is 0.321. The number of hydrogen-bond donors (Lipinski definition) is 1. The van der Waals surface area contributed by atoms with Crippen LogP contribution in [0.4, 0.5) is 16.2 Å². The van der Waals surface area contributed by atoms with Gasteiger partial charge in [-0.1, -0.05) is 67.6 Å². The number of ether oxygens (including phenoxy) is 1. The van der Waals surface area contributed by atoms with Crippen LogP contribution in [0.15, 0.2) is 72.8 Å². The van der Waals surface area contributed by atoms with Crippen LogP contribution in [0.25, 0.3) is 0 Å². The number of rotatable bonds is 4. The van der Waals surface area contributed by atoms with Gasteiger partial charge in [0.05, 0.1) is 6.61 Å². The van der Waals surface area contributed by atoms with Crippen molar-refractivity contribution in [1.82, 2.24) is 0 Å². The summed E-state index contributed by atoms with van der Waals surface area (Å²) in [4.78, 5) is 14.8. The molecule has 2 heterocycles. The van der Waals surface area contributed by atoms with E-state index in [1.165, 1.54) is 27.9 Å². The molecular formula is C28H30N2O2. The first-order chi connectivity index (χ1) is 15.6. The Morgan fingerprint density at radius 1 is 1.06 bits per heavy atom. The van der Waals surface area contributed by atoms with Crippen molar-refractivity contribution in [2.45, 2.75) is 38.0 Å². The third-order valence-corrected chi connectivity index (χ3v) is 7.13. The molecule has 0 unspecified atom stereocenters. The van der Waals surface area contributed by atoms with Crippen molar-refractivity contribution < 1.29 is 9.53 Å². The molecule has 4 heteroatoms. The SMILES string of the molecule is CCOC(=O)Nc1cc2c3c(c1)[C@](C)(c1ccccc1)CCN3CC[C@H]2c1ccccc1.